The molecule has 2 N–H and O–H groups in total. The Morgan fingerprint density at radius 1 is 1.43 bits per heavy atom. The van der Waals surface area contributed by atoms with Crippen LogP contribution in [-0.4, -0.2) is 4.98 Å². The molecule has 1 aromatic rings. The van der Waals surface area contributed by atoms with E-state index in [1.807, 2.05) is 0 Å². The number of rotatable bonds is 2. The molecular formula is C11H18N2O. The molecule has 0 spiro atoms. The SMILES string of the molecule is CC(N)(c1cnco1)C1CCCCC1. The third kappa shape index (κ3) is 1.69. The molecule has 3 heteroatoms. The zero-order chi connectivity index (χ0) is 10.0. The average molecular weight is 194 g/mol. The van der Waals surface area contributed by atoms with Gasteiger partial charge in [-0.1, -0.05) is 19.3 Å². The number of oxazole rings is 1. The van der Waals surface area contributed by atoms with Gasteiger partial charge in [-0.15, -0.1) is 0 Å². The predicted molar refractivity (Wildman–Crippen MR) is 54.6 cm³/mol. The van der Waals surface area contributed by atoms with Crippen molar-refractivity contribution in [1.29, 1.82) is 0 Å². The van der Waals surface area contributed by atoms with Gasteiger partial charge in [-0.25, -0.2) is 4.98 Å². The van der Waals surface area contributed by atoms with Gasteiger partial charge in [0.2, 0.25) is 0 Å². The highest BCUT2D eigenvalue weighted by molar-refractivity contribution is 5.08. The summed E-state index contributed by atoms with van der Waals surface area (Å²) in [4.78, 5) is 3.94. The topological polar surface area (TPSA) is 52.0 Å². The molecule has 0 saturated heterocycles. The highest BCUT2D eigenvalue weighted by Crippen LogP contribution is 2.36. The summed E-state index contributed by atoms with van der Waals surface area (Å²) >= 11 is 0. The summed E-state index contributed by atoms with van der Waals surface area (Å²) in [5, 5.41) is 0. The van der Waals surface area contributed by atoms with Crippen molar-refractivity contribution in [2.75, 3.05) is 0 Å². The Morgan fingerprint density at radius 2 is 2.14 bits per heavy atom. The highest BCUT2D eigenvalue weighted by Gasteiger charge is 2.35. The summed E-state index contributed by atoms with van der Waals surface area (Å²) in [5.41, 5.74) is 5.99. The van der Waals surface area contributed by atoms with Crippen LogP contribution in [-0.2, 0) is 5.54 Å². The second-order valence-corrected chi connectivity index (χ2v) is 4.48. The summed E-state index contributed by atoms with van der Waals surface area (Å²) < 4.78 is 5.32. The van der Waals surface area contributed by atoms with Crippen LogP contribution in [0.25, 0.3) is 0 Å². The van der Waals surface area contributed by atoms with Crippen molar-refractivity contribution in [1.82, 2.24) is 4.98 Å². The third-order valence-corrected chi connectivity index (χ3v) is 3.42. The van der Waals surface area contributed by atoms with Crippen LogP contribution in [0.4, 0.5) is 0 Å². The van der Waals surface area contributed by atoms with Gasteiger partial charge in [-0.05, 0) is 25.7 Å². The second kappa shape index (κ2) is 3.73. The molecule has 1 aliphatic carbocycles. The summed E-state index contributed by atoms with van der Waals surface area (Å²) in [7, 11) is 0. The second-order valence-electron chi connectivity index (χ2n) is 4.48. The largest absolute Gasteiger partial charge is 0.447 e. The molecule has 1 unspecified atom stereocenters. The Hall–Kier alpha value is -0.830. The van der Waals surface area contributed by atoms with E-state index in [4.69, 9.17) is 10.2 Å². The first kappa shape index (κ1) is 9.71. The van der Waals surface area contributed by atoms with Gasteiger partial charge in [0.1, 0.15) is 5.76 Å². The molecule has 78 valence electrons. The minimum absolute atomic E-state index is 0.336. The molecule has 1 heterocycles. The maximum absolute atomic E-state index is 6.32. The molecule has 2 rings (SSSR count). The Morgan fingerprint density at radius 3 is 2.71 bits per heavy atom. The fourth-order valence-corrected chi connectivity index (χ4v) is 2.39. The van der Waals surface area contributed by atoms with E-state index in [2.05, 4.69) is 11.9 Å². The lowest BCUT2D eigenvalue weighted by molar-refractivity contribution is 0.194. The Labute approximate surface area is 84.7 Å². The predicted octanol–water partition coefficient (Wildman–Crippen LogP) is 2.43. The van der Waals surface area contributed by atoms with E-state index in [1.54, 1.807) is 6.20 Å². The highest BCUT2D eigenvalue weighted by atomic mass is 16.3. The summed E-state index contributed by atoms with van der Waals surface area (Å²) in [6.07, 6.45) is 9.58. The lowest BCUT2D eigenvalue weighted by Crippen LogP contribution is -2.41. The molecule has 0 amide bonds. The van der Waals surface area contributed by atoms with E-state index in [0.717, 1.165) is 5.76 Å². The standard InChI is InChI=1S/C11H18N2O/c1-11(12,10-7-13-8-14-10)9-5-3-2-4-6-9/h7-9H,2-6,12H2,1H3. The molecule has 1 aromatic heterocycles. The minimum atomic E-state index is -0.336. The van der Waals surface area contributed by atoms with Crippen molar-refractivity contribution in [3.63, 3.8) is 0 Å². The van der Waals surface area contributed by atoms with Gasteiger partial charge in [0, 0.05) is 0 Å². The van der Waals surface area contributed by atoms with Gasteiger partial charge in [0.05, 0.1) is 11.7 Å². The van der Waals surface area contributed by atoms with Crippen LogP contribution in [0, 0.1) is 5.92 Å². The van der Waals surface area contributed by atoms with Crippen LogP contribution >= 0.6 is 0 Å². The number of nitrogens with two attached hydrogens (primary N) is 1. The zero-order valence-corrected chi connectivity index (χ0v) is 8.70. The number of aromatic nitrogens is 1. The van der Waals surface area contributed by atoms with E-state index >= 15 is 0 Å². The van der Waals surface area contributed by atoms with Crippen molar-refractivity contribution < 1.29 is 4.42 Å². The van der Waals surface area contributed by atoms with Crippen LogP contribution in [0.3, 0.4) is 0 Å². The van der Waals surface area contributed by atoms with Crippen molar-refractivity contribution >= 4 is 0 Å². The van der Waals surface area contributed by atoms with Crippen molar-refractivity contribution in [2.45, 2.75) is 44.6 Å². The average Bonchev–Trinajstić information content (AvgIpc) is 2.72. The fourth-order valence-electron chi connectivity index (χ4n) is 2.39. The number of hydrogen-bond donors (Lipinski definition) is 1. The summed E-state index contributed by atoms with van der Waals surface area (Å²) in [5.74, 6) is 1.37. The van der Waals surface area contributed by atoms with Crippen LogP contribution in [0.5, 0.6) is 0 Å². The van der Waals surface area contributed by atoms with Crippen LogP contribution in [0.2, 0.25) is 0 Å². The molecule has 1 fully saturated rings. The van der Waals surface area contributed by atoms with E-state index in [0.29, 0.717) is 5.92 Å². The number of hydrogen-bond acceptors (Lipinski definition) is 3. The molecule has 1 atom stereocenters. The molecule has 1 aliphatic rings. The van der Waals surface area contributed by atoms with Gasteiger partial charge in [-0.2, -0.15) is 0 Å². The van der Waals surface area contributed by atoms with Gasteiger partial charge >= 0.3 is 0 Å². The molecule has 14 heavy (non-hydrogen) atoms. The van der Waals surface area contributed by atoms with E-state index in [-0.39, 0.29) is 5.54 Å². The van der Waals surface area contributed by atoms with Gasteiger partial charge < -0.3 is 10.2 Å². The van der Waals surface area contributed by atoms with E-state index in [9.17, 15) is 0 Å². The summed E-state index contributed by atoms with van der Waals surface area (Å²) in [6.45, 7) is 2.06. The van der Waals surface area contributed by atoms with Crippen molar-refractivity contribution in [3.8, 4) is 0 Å². The normalized spacial score (nSPS) is 23.3. The molecule has 0 radical (unpaired) electrons. The minimum Gasteiger partial charge on any atom is -0.447 e. The molecule has 1 saturated carbocycles. The third-order valence-electron chi connectivity index (χ3n) is 3.42. The maximum atomic E-state index is 6.32. The molecule has 0 aromatic carbocycles. The zero-order valence-electron chi connectivity index (χ0n) is 8.70. The number of nitrogens with zero attached hydrogens (tertiary/aromatic N) is 1. The fraction of sp³-hybridized carbons (Fsp3) is 0.727. The Kier molecular flexibility index (Phi) is 2.59. The Bertz CT molecular complexity index is 273. The lowest BCUT2D eigenvalue weighted by atomic mass is 9.75. The summed E-state index contributed by atoms with van der Waals surface area (Å²) in [6, 6.07) is 0. The molecule has 0 bridgehead atoms. The van der Waals surface area contributed by atoms with Gasteiger partial charge in [0.25, 0.3) is 0 Å². The van der Waals surface area contributed by atoms with E-state index in [1.165, 1.54) is 38.5 Å². The molecular weight excluding hydrogens is 176 g/mol. The van der Waals surface area contributed by atoms with Crippen LogP contribution < -0.4 is 5.73 Å². The lowest BCUT2D eigenvalue weighted by Gasteiger charge is -2.34. The molecule has 0 aliphatic heterocycles. The monoisotopic (exact) mass is 194 g/mol. The Balaban J connectivity index is 2.14. The first-order chi connectivity index (χ1) is 6.71. The van der Waals surface area contributed by atoms with Crippen molar-refractivity contribution in [2.24, 2.45) is 11.7 Å². The van der Waals surface area contributed by atoms with Crippen LogP contribution in [0.15, 0.2) is 17.0 Å². The van der Waals surface area contributed by atoms with Crippen LogP contribution in [0.1, 0.15) is 44.8 Å². The van der Waals surface area contributed by atoms with Gasteiger partial charge in [0.15, 0.2) is 6.39 Å². The smallest absolute Gasteiger partial charge is 0.180 e. The van der Waals surface area contributed by atoms with E-state index < -0.39 is 0 Å². The maximum Gasteiger partial charge on any atom is 0.180 e. The molecule has 3 nitrogen and oxygen atoms in total. The first-order valence-electron chi connectivity index (χ1n) is 5.39. The quantitative estimate of drug-likeness (QED) is 0.786. The first-order valence-corrected chi connectivity index (χ1v) is 5.39. The van der Waals surface area contributed by atoms with Gasteiger partial charge in [-0.3, -0.25) is 0 Å². The van der Waals surface area contributed by atoms with Crippen molar-refractivity contribution in [3.05, 3.63) is 18.4 Å².